The normalized spacial score (nSPS) is 14.8. The van der Waals surface area contributed by atoms with Gasteiger partial charge in [0.15, 0.2) is 0 Å². The predicted molar refractivity (Wildman–Crippen MR) is 69.5 cm³/mol. The van der Waals surface area contributed by atoms with Crippen LogP contribution in [-0.4, -0.2) is 11.0 Å². The maximum absolute atomic E-state index is 4.03. The Morgan fingerprint density at radius 2 is 1.59 bits per heavy atom. The fraction of sp³-hybridized carbons (Fsp3) is 0.267. The summed E-state index contributed by atoms with van der Waals surface area (Å²) in [4.78, 5) is 4.03. The second-order valence-electron chi connectivity index (χ2n) is 4.59. The average Bonchev–Trinajstić information content (AvgIpc) is 3.22. The van der Waals surface area contributed by atoms with E-state index in [0.29, 0.717) is 0 Å². The lowest BCUT2D eigenvalue weighted by Gasteiger charge is -2.05. The molecule has 1 N–H and O–H groups in total. The number of aromatic nitrogens is 1. The lowest BCUT2D eigenvalue weighted by molar-refractivity contribution is 0.688. The van der Waals surface area contributed by atoms with Gasteiger partial charge in [-0.15, -0.1) is 0 Å². The summed E-state index contributed by atoms with van der Waals surface area (Å²) in [7, 11) is 0. The Morgan fingerprint density at radius 3 is 2.24 bits per heavy atom. The maximum Gasteiger partial charge on any atom is 0.0273 e. The van der Waals surface area contributed by atoms with E-state index in [1.54, 1.807) is 0 Å². The molecular formula is C15H16N2. The molecule has 0 aliphatic heterocycles. The van der Waals surface area contributed by atoms with Gasteiger partial charge < -0.3 is 5.32 Å². The van der Waals surface area contributed by atoms with E-state index in [4.69, 9.17) is 0 Å². The predicted octanol–water partition coefficient (Wildman–Crippen LogP) is 3.00. The molecular weight excluding hydrogens is 208 g/mol. The molecule has 0 saturated heterocycles. The minimum Gasteiger partial charge on any atom is -0.310 e. The zero-order valence-corrected chi connectivity index (χ0v) is 9.76. The summed E-state index contributed by atoms with van der Waals surface area (Å²) >= 11 is 0. The van der Waals surface area contributed by atoms with Gasteiger partial charge in [-0.05, 0) is 41.7 Å². The average molecular weight is 224 g/mol. The maximum atomic E-state index is 4.03. The monoisotopic (exact) mass is 224 g/mol. The highest BCUT2D eigenvalue weighted by atomic mass is 14.9. The van der Waals surface area contributed by atoms with Crippen LogP contribution in [0.1, 0.15) is 18.4 Å². The van der Waals surface area contributed by atoms with E-state index in [0.717, 1.165) is 12.6 Å². The van der Waals surface area contributed by atoms with Crippen molar-refractivity contribution in [2.45, 2.75) is 25.4 Å². The minimum atomic E-state index is 0.773. The minimum absolute atomic E-state index is 0.773. The van der Waals surface area contributed by atoms with Crippen molar-refractivity contribution >= 4 is 0 Å². The highest BCUT2D eigenvalue weighted by molar-refractivity contribution is 5.62. The van der Waals surface area contributed by atoms with E-state index in [9.17, 15) is 0 Å². The lowest BCUT2D eigenvalue weighted by Crippen LogP contribution is -2.14. The Labute approximate surface area is 102 Å². The summed E-state index contributed by atoms with van der Waals surface area (Å²) in [6.07, 6.45) is 6.35. The molecule has 0 atom stereocenters. The van der Waals surface area contributed by atoms with Crippen molar-refractivity contribution in [3.05, 3.63) is 54.4 Å². The molecule has 1 aliphatic carbocycles. The fourth-order valence-corrected chi connectivity index (χ4v) is 1.91. The quantitative estimate of drug-likeness (QED) is 0.863. The van der Waals surface area contributed by atoms with Gasteiger partial charge in [0.1, 0.15) is 0 Å². The third-order valence-electron chi connectivity index (χ3n) is 3.14. The molecule has 0 amide bonds. The van der Waals surface area contributed by atoms with Crippen molar-refractivity contribution in [2.75, 3.05) is 0 Å². The summed E-state index contributed by atoms with van der Waals surface area (Å²) in [6.45, 7) is 0.987. The summed E-state index contributed by atoms with van der Waals surface area (Å²) in [5.41, 5.74) is 3.83. The first-order chi connectivity index (χ1) is 8.42. The molecule has 3 rings (SSSR count). The van der Waals surface area contributed by atoms with Gasteiger partial charge in [-0.1, -0.05) is 24.3 Å². The van der Waals surface area contributed by atoms with Crippen LogP contribution in [0, 0.1) is 0 Å². The molecule has 2 nitrogen and oxygen atoms in total. The van der Waals surface area contributed by atoms with Crippen LogP contribution in [0.2, 0.25) is 0 Å². The van der Waals surface area contributed by atoms with Crippen molar-refractivity contribution in [1.82, 2.24) is 10.3 Å². The Morgan fingerprint density at radius 1 is 0.941 bits per heavy atom. The highest BCUT2D eigenvalue weighted by Gasteiger charge is 2.19. The summed E-state index contributed by atoms with van der Waals surface area (Å²) in [6, 6.07) is 13.6. The molecule has 2 heteroatoms. The van der Waals surface area contributed by atoms with Crippen molar-refractivity contribution in [1.29, 1.82) is 0 Å². The van der Waals surface area contributed by atoms with E-state index in [1.165, 1.54) is 29.5 Å². The van der Waals surface area contributed by atoms with Gasteiger partial charge in [-0.25, -0.2) is 0 Å². The number of rotatable bonds is 4. The van der Waals surface area contributed by atoms with Gasteiger partial charge in [0.25, 0.3) is 0 Å². The second kappa shape index (κ2) is 4.68. The Bertz CT molecular complexity index is 472. The number of hydrogen-bond donors (Lipinski definition) is 1. The van der Waals surface area contributed by atoms with E-state index >= 15 is 0 Å². The lowest BCUT2D eigenvalue weighted by atomic mass is 10.1. The number of benzene rings is 1. The highest BCUT2D eigenvalue weighted by Crippen LogP contribution is 2.21. The molecule has 1 aromatic heterocycles. The first kappa shape index (κ1) is 10.5. The van der Waals surface area contributed by atoms with Crippen molar-refractivity contribution < 1.29 is 0 Å². The van der Waals surface area contributed by atoms with E-state index < -0.39 is 0 Å². The van der Waals surface area contributed by atoms with E-state index in [2.05, 4.69) is 34.6 Å². The van der Waals surface area contributed by atoms with Gasteiger partial charge in [-0.3, -0.25) is 4.98 Å². The van der Waals surface area contributed by atoms with Gasteiger partial charge in [0.2, 0.25) is 0 Å². The molecule has 1 aromatic carbocycles. The Balaban J connectivity index is 1.70. The van der Waals surface area contributed by atoms with Crippen LogP contribution in [-0.2, 0) is 6.54 Å². The second-order valence-corrected chi connectivity index (χ2v) is 4.59. The fourth-order valence-electron chi connectivity index (χ4n) is 1.91. The third kappa shape index (κ3) is 2.71. The molecule has 17 heavy (non-hydrogen) atoms. The van der Waals surface area contributed by atoms with Gasteiger partial charge in [0.05, 0.1) is 0 Å². The SMILES string of the molecule is c1cc(-c2ccc(CNC3CC3)cc2)ccn1. The van der Waals surface area contributed by atoms with Crippen LogP contribution >= 0.6 is 0 Å². The number of nitrogens with one attached hydrogen (secondary N) is 1. The molecule has 86 valence electrons. The molecule has 1 fully saturated rings. The topological polar surface area (TPSA) is 24.9 Å². The van der Waals surface area contributed by atoms with Crippen LogP contribution in [0.5, 0.6) is 0 Å². The van der Waals surface area contributed by atoms with Gasteiger partial charge >= 0.3 is 0 Å². The molecule has 0 bridgehead atoms. The summed E-state index contributed by atoms with van der Waals surface area (Å²) < 4.78 is 0. The number of hydrogen-bond acceptors (Lipinski definition) is 2. The van der Waals surface area contributed by atoms with E-state index in [-0.39, 0.29) is 0 Å². The van der Waals surface area contributed by atoms with Crippen molar-refractivity contribution in [3.8, 4) is 11.1 Å². The van der Waals surface area contributed by atoms with E-state index in [1.807, 2.05) is 24.5 Å². The number of nitrogens with zero attached hydrogens (tertiary/aromatic N) is 1. The van der Waals surface area contributed by atoms with Crippen molar-refractivity contribution in [2.24, 2.45) is 0 Å². The summed E-state index contributed by atoms with van der Waals surface area (Å²) in [5, 5.41) is 3.52. The largest absolute Gasteiger partial charge is 0.310 e. The van der Waals surface area contributed by atoms with Gasteiger partial charge in [-0.2, -0.15) is 0 Å². The molecule has 2 aromatic rings. The standard InChI is InChI=1S/C15H16N2/c1-3-13(14-7-9-16-10-8-14)4-2-12(1)11-17-15-5-6-15/h1-4,7-10,15,17H,5-6,11H2. The van der Waals surface area contributed by atoms with Crippen LogP contribution in [0.4, 0.5) is 0 Å². The third-order valence-corrected chi connectivity index (χ3v) is 3.14. The summed E-state index contributed by atoms with van der Waals surface area (Å²) in [5.74, 6) is 0. The zero-order valence-electron chi connectivity index (χ0n) is 9.76. The molecule has 0 unspecified atom stereocenters. The van der Waals surface area contributed by atoms with Crippen LogP contribution < -0.4 is 5.32 Å². The smallest absolute Gasteiger partial charge is 0.0273 e. The first-order valence-electron chi connectivity index (χ1n) is 6.14. The first-order valence-corrected chi connectivity index (χ1v) is 6.14. The Hall–Kier alpha value is -1.67. The molecule has 0 spiro atoms. The molecule has 0 radical (unpaired) electrons. The number of pyridine rings is 1. The Kier molecular flexibility index (Phi) is 2.88. The van der Waals surface area contributed by atoms with Crippen LogP contribution in [0.25, 0.3) is 11.1 Å². The zero-order chi connectivity index (χ0) is 11.5. The van der Waals surface area contributed by atoms with Gasteiger partial charge in [0, 0.05) is 25.0 Å². The molecule has 1 aliphatic rings. The molecule has 1 saturated carbocycles. The molecule has 1 heterocycles. The van der Waals surface area contributed by atoms with Crippen LogP contribution in [0.15, 0.2) is 48.8 Å². The van der Waals surface area contributed by atoms with Crippen LogP contribution in [0.3, 0.4) is 0 Å². The van der Waals surface area contributed by atoms with Crippen molar-refractivity contribution in [3.63, 3.8) is 0 Å².